The van der Waals surface area contributed by atoms with Gasteiger partial charge in [0, 0.05) is 45.8 Å². The van der Waals surface area contributed by atoms with Crippen molar-refractivity contribution in [2.45, 2.75) is 38.1 Å². The van der Waals surface area contributed by atoms with E-state index in [2.05, 4.69) is 62.6 Å². The summed E-state index contributed by atoms with van der Waals surface area (Å²) in [7, 11) is 3.89. The SMILES string of the molecule is CN=C(NCC(c1ccc(C)cc1)N1CCCC1)N1CCC(c2cnn(C)c2)C1. The minimum atomic E-state index is 0.395. The maximum absolute atomic E-state index is 4.60. The van der Waals surface area contributed by atoms with Gasteiger partial charge >= 0.3 is 0 Å². The van der Waals surface area contributed by atoms with E-state index in [-0.39, 0.29) is 0 Å². The van der Waals surface area contributed by atoms with E-state index in [1.165, 1.54) is 42.6 Å². The third kappa shape index (κ3) is 4.64. The van der Waals surface area contributed by atoms with Crippen molar-refractivity contribution in [2.24, 2.45) is 12.0 Å². The largest absolute Gasteiger partial charge is 0.354 e. The van der Waals surface area contributed by atoms with Crippen LogP contribution in [0.25, 0.3) is 0 Å². The second-order valence-corrected chi connectivity index (χ2v) is 8.48. The number of nitrogens with zero attached hydrogens (tertiary/aromatic N) is 5. The number of guanidine groups is 1. The molecule has 1 aromatic heterocycles. The molecule has 3 heterocycles. The Morgan fingerprint density at radius 2 is 1.97 bits per heavy atom. The van der Waals surface area contributed by atoms with Crippen LogP contribution in [0.15, 0.2) is 41.7 Å². The molecule has 0 saturated carbocycles. The molecule has 2 aliphatic heterocycles. The molecular weight excluding hydrogens is 360 g/mol. The van der Waals surface area contributed by atoms with Crippen LogP contribution in [0, 0.1) is 6.92 Å². The molecule has 2 aromatic rings. The van der Waals surface area contributed by atoms with Crippen molar-refractivity contribution in [3.63, 3.8) is 0 Å². The van der Waals surface area contributed by atoms with E-state index >= 15 is 0 Å². The number of likely N-dealkylation sites (tertiary alicyclic amines) is 2. The summed E-state index contributed by atoms with van der Waals surface area (Å²) in [4.78, 5) is 9.62. The van der Waals surface area contributed by atoms with Crippen LogP contribution in [0.4, 0.5) is 0 Å². The van der Waals surface area contributed by atoms with E-state index in [0.717, 1.165) is 32.0 Å². The van der Waals surface area contributed by atoms with Crippen LogP contribution in [-0.4, -0.2) is 65.3 Å². The van der Waals surface area contributed by atoms with Crippen LogP contribution in [0.3, 0.4) is 0 Å². The molecule has 0 bridgehead atoms. The van der Waals surface area contributed by atoms with Crippen LogP contribution < -0.4 is 5.32 Å². The molecule has 6 heteroatoms. The van der Waals surface area contributed by atoms with Gasteiger partial charge in [-0.05, 0) is 50.4 Å². The lowest BCUT2D eigenvalue weighted by atomic mass is 10.0. The van der Waals surface area contributed by atoms with E-state index < -0.39 is 0 Å². The number of aromatic nitrogens is 2. The normalized spacial score (nSPS) is 21.7. The summed E-state index contributed by atoms with van der Waals surface area (Å²) < 4.78 is 1.90. The van der Waals surface area contributed by atoms with Crippen molar-refractivity contribution in [2.75, 3.05) is 39.8 Å². The first-order valence-electron chi connectivity index (χ1n) is 10.9. The first-order chi connectivity index (χ1) is 14.1. The number of aliphatic imine (C=N–C) groups is 1. The quantitative estimate of drug-likeness (QED) is 0.626. The Labute approximate surface area is 174 Å². The predicted octanol–water partition coefficient (Wildman–Crippen LogP) is 2.93. The molecule has 1 aromatic carbocycles. The zero-order chi connectivity index (χ0) is 20.2. The van der Waals surface area contributed by atoms with Gasteiger partial charge in [-0.15, -0.1) is 0 Å². The topological polar surface area (TPSA) is 48.7 Å². The number of benzene rings is 1. The lowest BCUT2D eigenvalue weighted by molar-refractivity contribution is 0.244. The second kappa shape index (κ2) is 8.99. The Bertz CT molecular complexity index is 818. The zero-order valence-corrected chi connectivity index (χ0v) is 18.0. The molecular formula is C23H34N6. The van der Waals surface area contributed by atoms with Gasteiger partial charge in [0.25, 0.3) is 0 Å². The molecule has 0 amide bonds. The predicted molar refractivity (Wildman–Crippen MR) is 118 cm³/mol. The highest BCUT2D eigenvalue weighted by molar-refractivity contribution is 5.80. The fourth-order valence-electron chi connectivity index (χ4n) is 4.70. The van der Waals surface area contributed by atoms with Gasteiger partial charge in [-0.2, -0.15) is 5.10 Å². The van der Waals surface area contributed by atoms with Gasteiger partial charge in [-0.3, -0.25) is 14.6 Å². The molecule has 0 spiro atoms. The molecule has 0 aliphatic carbocycles. The number of hydrogen-bond donors (Lipinski definition) is 1. The Kier molecular flexibility index (Phi) is 6.19. The van der Waals surface area contributed by atoms with Gasteiger partial charge in [-0.1, -0.05) is 29.8 Å². The molecule has 2 aliphatic rings. The molecule has 156 valence electrons. The van der Waals surface area contributed by atoms with Gasteiger partial charge in [0.05, 0.1) is 12.2 Å². The third-order valence-electron chi connectivity index (χ3n) is 6.39. The molecule has 2 saturated heterocycles. The number of rotatable bonds is 5. The molecule has 2 unspecified atom stereocenters. The first-order valence-corrected chi connectivity index (χ1v) is 10.9. The molecule has 29 heavy (non-hydrogen) atoms. The zero-order valence-electron chi connectivity index (χ0n) is 18.0. The van der Waals surface area contributed by atoms with E-state index in [9.17, 15) is 0 Å². The summed E-state index contributed by atoms with van der Waals surface area (Å²) in [5.41, 5.74) is 4.05. The summed E-state index contributed by atoms with van der Waals surface area (Å²) in [6.07, 6.45) is 7.90. The molecule has 2 fully saturated rings. The van der Waals surface area contributed by atoms with E-state index in [1.807, 2.05) is 25.0 Å². The second-order valence-electron chi connectivity index (χ2n) is 8.48. The van der Waals surface area contributed by atoms with Gasteiger partial charge in [0.15, 0.2) is 5.96 Å². The van der Waals surface area contributed by atoms with Crippen LogP contribution in [-0.2, 0) is 7.05 Å². The summed E-state index contributed by atoms with van der Waals surface area (Å²) in [6.45, 7) is 7.46. The van der Waals surface area contributed by atoms with Crippen LogP contribution >= 0.6 is 0 Å². The van der Waals surface area contributed by atoms with Gasteiger partial charge in [0.1, 0.15) is 0 Å². The van der Waals surface area contributed by atoms with Crippen molar-refractivity contribution in [1.29, 1.82) is 0 Å². The van der Waals surface area contributed by atoms with E-state index in [4.69, 9.17) is 0 Å². The molecule has 6 nitrogen and oxygen atoms in total. The number of nitrogens with one attached hydrogen (secondary N) is 1. The van der Waals surface area contributed by atoms with Crippen molar-refractivity contribution in [3.05, 3.63) is 53.3 Å². The minimum absolute atomic E-state index is 0.395. The highest BCUT2D eigenvalue weighted by Gasteiger charge is 2.28. The summed E-state index contributed by atoms with van der Waals surface area (Å²) in [5.74, 6) is 1.56. The summed E-state index contributed by atoms with van der Waals surface area (Å²) in [5, 5.41) is 8.03. The van der Waals surface area contributed by atoms with Crippen molar-refractivity contribution >= 4 is 5.96 Å². The Morgan fingerprint density at radius 1 is 1.21 bits per heavy atom. The molecule has 1 N–H and O–H groups in total. The average Bonchev–Trinajstić information content (AvgIpc) is 3.48. The molecule has 0 radical (unpaired) electrons. The minimum Gasteiger partial charge on any atom is -0.354 e. The summed E-state index contributed by atoms with van der Waals surface area (Å²) >= 11 is 0. The first kappa shape index (κ1) is 20.0. The number of hydrogen-bond acceptors (Lipinski definition) is 3. The standard InChI is InChI=1S/C23H34N6/c1-18-6-8-19(9-7-18)22(28-11-4-5-12-28)15-25-23(24-2)29-13-10-20(17-29)21-14-26-27(3)16-21/h6-9,14,16,20,22H,4-5,10-13,15,17H2,1-3H3,(H,24,25). The van der Waals surface area contributed by atoms with Crippen LogP contribution in [0.1, 0.15) is 47.9 Å². The van der Waals surface area contributed by atoms with E-state index in [1.54, 1.807) is 0 Å². The van der Waals surface area contributed by atoms with Crippen molar-refractivity contribution in [3.8, 4) is 0 Å². The lowest BCUT2D eigenvalue weighted by Gasteiger charge is -2.30. The highest BCUT2D eigenvalue weighted by Crippen LogP contribution is 2.28. The van der Waals surface area contributed by atoms with Crippen molar-refractivity contribution in [1.82, 2.24) is 24.9 Å². The maximum Gasteiger partial charge on any atom is 0.193 e. The van der Waals surface area contributed by atoms with Crippen LogP contribution in [0.5, 0.6) is 0 Å². The monoisotopic (exact) mass is 394 g/mol. The third-order valence-corrected chi connectivity index (χ3v) is 6.39. The van der Waals surface area contributed by atoms with E-state index in [0.29, 0.717) is 12.0 Å². The average molecular weight is 395 g/mol. The van der Waals surface area contributed by atoms with Gasteiger partial charge in [-0.25, -0.2) is 0 Å². The maximum atomic E-state index is 4.60. The Hall–Kier alpha value is -2.34. The summed E-state index contributed by atoms with van der Waals surface area (Å²) in [6, 6.07) is 9.43. The van der Waals surface area contributed by atoms with Gasteiger partial charge in [0.2, 0.25) is 0 Å². The lowest BCUT2D eigenvalue weighted by Crippen LogP contribution is -2.44. The molecule has 2 atom stereocenters. The Morgan fingerprint density at radius 3 is 2.62 bits per heavy atom. The van der Waals surface area contributed by atoms with Gasteiger partial charge < -0.3 is 10.2 Å². The fraction of sp³-hybridized carbons (Fsp3) is 0.565. The molecule has 4 rings (SSSR count). The fourth-order valence-corrected chi connectivity index (χ4v) is 4.70. The Balaban J connectivity index is 1.41. The highest BCUT2D eigenvalue weighted by atomic mass is 15.3. The smallest absolute Gasteiger partial charge is 0.193 e. The van der Waals surface area contributed by atoms with Crippen molar-refractivity contribution < 1.29 is 0 Å². The van der Waals surface area contributed by atoms with Crippen LogP contribution in [0.2, 0.25) is 0 Å². The number of aryl methyl sites for hydroxylation is 2.